The lowest BCUT2D eigenvalue weighted by Gasteiger charge is -2.30. The summed E-state index contributed by atoms with van der Waals surface area (Å²) in [6.07, 6.45) is -4.59. The molecule has 0 saturated carbocycles. The number of aliphatic hydroxyl groups is 4. The van der Waals surface area contributed by atoms with Crippen LogP contribution in [0.5, 0.6) is 0 Å². The molecule has 13 heteroatoms. The maximum Gasteiger partial charge on any atom is 0.305 e. The average molecular weight is 539 g/mol. The van der Waals surface area contributed by atoms with Gasteiger partial charge < -0.3 is 47.2 Å². The molecule has 212 valence electrons. The fraction of sp³-hybridized carbons (Fsp3) is 0.520. The summed E-state index contributed by atoms with van der Waals surface area (Å²) < 4.78 is 0. The average Bonchev–Trinajstić information content (AvgIpc) is 2.89. The van der Waals surface area contributed by atoms with Crippen molar-refractivity contribution in [3.63, 3.8) is 0 Å². The SMILES string of the molecule is C=CC[C@H](NC(=O)[C@@H](N)CCC)C(=O)N[C@@H](CO)[C@@H](O)[C@@H](O)[C@H](O)C(=O)NC(CC(=O)O)c1ccccc1. The van der Waals surface area contributed by atoms with Gasteiger partial charge in [0.2, 0.25) is 11.8 Å². The third-order valence-corrected chi connectivity index (χ3v) is 5.75. The zero-order valence-electron chi connectivity index (χ0n) is 21.2. The lowest BCUT2D eigenvalue weighted by atomic mass is 9.98. The Morgan fingerprint density at radius 2 is 1.61 bits per heavy atom. The summed E-state index contributed by atoms with van der Waals surface area (Å²) in [6, 6.07) is 3.47. The fourth-order valence-electron chi connectivity index (χ4n) is 3.59. The molecule has 0 heterocycles. The minimum atomic E-state index is -2.24. The van der Waals surface area contributed by atoms with Crippen molar-refractivity contribution >= 4 is 23.7 Å². The molecule has 0 aliphatic carbocycles. The van der Waals surface area contributed by atoms with Crippen molar-refractivity contribution in [1.82, 2.24) is 16.0 Å². The van der Waals surface area contributed by atoms with E-state index in [0.717, 1.165) is 0 Å². The summed E-state index contributed by atoms with van der Waals surface area (Å²) in [4.78, 5) is 48.8. The molecule has 0 fully saturated rings. The molecule has 1 aromatic rings. The van der Waals surface area contributed by atoms with E-state index in [9.17, 15) is 39.6 Å². The van der Waals surface area contributed by atoms with Gasteiger partial charge in [0.15, 0.2) is 6.10 Å². The van der Waals surface area contributed by atoms with Gasteiger partial charge in [-0.2, -0.15) is 0 Å². The van der Waals surface area contributed by atoms with E-state index in [1.807, 2.05) is 6.92 Å². The van der Waals surface area contributed by atoms with Gasteiger partial charge in [0.05, 0.1) is 31.2 Å². The van der Waals surface area contributed by atoms with Gasteiger partial charge in [-0.1, -0.05) is 49.8 Å². The van der Waals surface area contributed by atoms with Gasteiger partial charge in [-0.3, -0.25) is 19.2 Å². The van der Waals surface area contributed by atoms with Crippen molar-refractivity contribution < 1.29 is 44.7 Å². The highest BCUT2D eigenvalue weighted by Crippen LogP contribution is 2.17. The minimum absolute atomic E-state index is 0.0112. The number of carboxylic acids is 1. The maximum absolute atomic E-state index is 12.7. The number of carbonyl (C=O) groups excluding carboxylic acids is 3. The Hall–Kier alpha value is -3.36. The fourth-order valence-corrected chi connectivity index (χ4v) is 3.59. The van der Waals surface area contributed by atoms with Crippen LogP contribution in [0.1, 0.15) is 44.2 Å². The van der Waals surface area contributed by atoms with Gasteiger partial charge in [0, 0.05) is 0 Å². The topological polar surface area (TPSA) is 232 Å². The molecular weight excluding hydrogens is 500 g/mol. The minimum Gasteiger partial charge on any atom is -0.481 e. The molecule has 0 saturated heterocycles. The number of carbonyl (C=O) groups is 4. The normalized spacial score (nSPS) is 16.6. The third kappa shape index (κ3) is 10.2. The van der Waals surface area contributed by atoms with Crippen LogP contribution in [0.25, 0.3) is 0 Å². The lowest BCUT2D eigenvalue weighted by Crippen LogP contribution is -2.59. The molecule has 38 heavy (non-hydrogen) atoms. The molecule has 13 nitrogen and oxygen atoms in total. The molecule has 1 aromatic carbocycles. The van der Waals surface area contributed by atoms with Crippen LogP contribution in [0.2, 0.25) is 0 Å². The van der Waals surface area contributed by atoms with Gasteiger partial charge in [0.1, 0.15) is 18.2 Å². The summed E-state index contributed by atoms with van der Waals surface area (Å²) in [6.45, 7) is 4.47. The zero-order chi connectivity index (χ0) is 28.8. The van der Waals surface area contributed by atoms with Gasteiger partial charge in [-0.25, -0.2) is 0 Å². The van der Waals surface area contributed by atoms with Crippen molar-refractivity contribution in [2.24, 2.45) is 5.73 Å². The molecule has 0 spiro atoms. The van der Waals surface area contributed by atoms with Crippen LogP contribution in [0, 0.1) is 0 Å². The summed E-state index contributed by atoms with van der Waals surface area (Å²) in [5.74, 6) is -3.83. The Morgan fingerprint density at radius 3 is 2.13 bits per heavy atom. The maximum atomic E-state index is 12.7. The van der Waals surface area contributed by atoms with Crippen molar-refractivity contribution in [3.8, 4) is 0 Å². The van der Waals surface area contributed by atoms with E-state index >= 15 is 0 Å². The number of carboxylic acid groups (broad SMARTS) is 1. The first-order chi connectivity index (χ1) is 18.0. The van der Waals surface area contributed by atoms with E-state index in [0.29, 0.717) is 18.4 Å². The van der Waals surface area contributed by atoms with Crippen LogP contribution in [0.3, 0.4) is 0 Å². The predicted molar refractivity (Wildman–Crippen MR) is 136 cm³/mol. The molecule has 0 aromatic heterocycles. The molecule has 1 rings (SSSR count). The highest BCUT2D eigenvalue weighted by atomic mass is 16.4. The van der Waals surface area contributed by atoms with Crippen LogP contribution < -0.4 is 21.7 Å². The third-order valence-electron chi connectivity index (χ3n) is 5.75. The molecule has 0 aliphatic heterocycles. The second kappa shape index (κ2) is 16.5. The number of rotatable bonds is 17. The molecule has 0 bridgehead atoms. The van der Waals surface area contributed by atoms with Gasteiger partial charge in [-0.15, -0.1) is 6.58 Å². The number of aliphatic hydroxyl groups excluding tert-OH is 4. The molecule has 7 atom stereocenters. The quantitative estimate of drug-likeness (QED) is 0.0996. The number of hydrogen-bond acceptors (Lipinski definition) is 9. The van der Waals surface area contributed by atoms with E-state index in [1.54, 1.807) is 30.3 Å². The Labute approximate surface area is 220 Å². The van der Waals surface area contributed by atoms with E-state index in [1.165, 1.54) is 6.08 Å². The first-order valence-corrected chi connectivity index (χ1v) is 12.2. The summed E-state index contributed by atoms with van der Waals surface area (Å²) in [5, 5.41) is 57.2. The molecule has 1 unspecified atom stereocenters. The first-order valence-electron chi connectivity index (χ1n) is 12.2. The molecular formula is C25H38N4O9. The summed E-state index contributed by atoms with van der Waals surface area (Å²) in [5.41, 5.74) is 6.20. The smallest absolute Gasteiger partial charge is 0.305 e. The second-order valence-electron chi connectivity index (χ2n) is 8.77. The summed E-state index contributed by atoms with van der Waals surface area (Å²) >= 11 is 0. The van der Waals surface area contributed by atoms with Crippen molar-refractivity contribution in [2.45, 2.75) is 75.1 Å². The highest BCUT2D eigenvalue weighted by molar-refractivity contribution is 5.90. The first kappa shape index (κ1) is 32.7. The van der Waals surface area contributed by atoms with Gasteiger partial charge >= 0.3 is 5.97 Å². The van der Waals surface area contributed by atoms with E-state index in [2.05, 4.69) is 22.5 Å². The van der Waals surface area contributed by atoms with E-state index < -0.39 is 79.2 Å². The Kier molecular flexibility index (Phi) is 14.2. The Balaban J connectivity index is 2.90. The predicted octanol–water partition coefficient (Wildman–Crippen LogP) is -1.93. The number of amides is 3. The lowest BCUT2D eigenvalue weighted by molar-refractivity contribution is -0.145. The highest BCUT2D eigenvalue weighted by Gasteiger charge is 2.37. The summed E-state index contributed by atoms with van der Waals surface area (Å²) in [7, 11) is 0. The molecule has 0 aliphatic rings. The van der Waals surface area contributed by atoms with Crippen molar-refractivity contribution in [3.05, 3.63) is 48.6 Å². The number of hydrogen-bond donors (Lipinski definition) is 9. The molecule has 3 amide bonds. The van der Waals surface area contributed by atoms with Crippen molar-refractivity contribution in [1.29, 1.82) is 0 Å². The van der Waals surface area contributed by atoms with Crippen LogP contribution in [0.15, 0.2) is 43.0 Å². The number of benzene rings is 1. The van der Waals surface area contributed by atoms with Crippen molar-refractivity contribution in [2.75, 3.05) is 6.61 Å². The Morgan fingerprint density at radius 1 is 0.974 bits per heavy atom. The van der Waals surface area contributed by atoms with Crippen LogP contribution >= 0.6 is 0 Å². The number of aliphatic carboxylic acids is 1. The second-order valence-corrected chi connectivity index (χ2v) is 8.77. The monoisotopic (exact) mass is 538 g/mol. The number of nitrogens with two attached hydrogens (primary N) is 1. The van der Waals surface area contributed by atoms with Gasteiger partial charge in [0.25, 0.3) is 5.91 Å². The molecule has 10 N–H and O–H groups in total. The van der Waals surface area contributed by atoms with Crippen LogP contribution in [-0.2, 0) is 19.2 Å². The van der Waals surface area contributed by atoms with Crippen LogP contribution in [-0.4, -0.2) is 92.3 Å². The number of nitrogens with one attached hydrogen (secondary N) is 3. The van der Waals surface area contributed by atoms with Crippen LogP contribution in [0.4, 0.5) is 0 Å². The van der Waals surface area contributed by atoms with E-state index in [-0.39, 0.29) is 6.42 Å². The largest absolute Gasteiger partial charge is 0.481 e. The molecule has 0 radical (unpaired) electrons. The standard InChI is InChI=1S/C25H38N4O9/c1-3-8-15(26)23(36)27-16(9-4-2)24(37)29-18(13-30)20(33)21(34)22(35)25(38)28-17(12-19(31)32)14-10-6-5-7-11-14/h4-7,10-11,15-18,20-22,30,33-35H,2-3,8-9,12-13,26H2,1H3,(H,27,36)(H,28,38)(H,29,37)(H,31,32)/t15-,16-,17?,18-,20+,21+,22-/m0/s1. The zero-order valence-corrected chi connectivity index (χ0v) is 21.2. The van der Waals surface area contributed by atoms with Gasteiger partial charge in [-0.05, 0) is 18.4 Å². The van der Waals surface area contributed by atoms with E-state index in [4.69, 9.17) is 10.8 Å². The Bertz CT molecular complexity index is 931.